The van der Waals surface area contributed by atoms with Gasteiger partial charge in [-0.1, -0.05) is 18.2 Å². The van der Waals surface area contributed by atoms with Gasteiger partial charge in [-0.05, 0) is 48.5 Å². The fraction of sp³-hybridized carbons (Fsp3) is 0.0435. The number of nitrogens with one attached hydrogen (secondary N) is 2. The van der Waals surface area contributed by atoms with Gasteiger partial charge in [0.1, 0.15) is 11.5 Å². The predicted octanol–water partition coefficient (Wildman–Crippen LogP) is 4.58. The van der Waals surface area contributed by atoms with Gasteiger partial charge in [0.2, 0.25) is 0 Å². The summed E-state index contributed by atoms with van der Waals surface area (Å²) < 4.78 is 16.6. The van der Waals surface area contributed by atoms with Crippen molar-refractivity contribution in [2.75, 3.05) is 10.6 Å². The van der Waals surface area contributed by atoms with Gasteiger partial charge in [0.15, 0.2) is 11.5 Å². The van der Waals surface area contributed by atoms with E-state index in [1.807, 2.05) is 43.6 Å². The fourth-order valence-corrected chi connectivity index (χ4v) is 3.38. The molecule has 2 amide bonds. The number of benzene rings is 2. The largest absolute Gasteiger partial charge is 0.324 e. The quantitative estimate of drug-likeness (QED) is 0.439. The molecular weight excluding hydrogens is 409 g/mol. The molecule has 0 unspecified atom stereocenters. The number of aryl methyl sites for hydroxylation is 1. The van der Waals surface area contributed by atoms with Crippen molar-refractivity contribution in [2.24, 2.45) is 7.05 Å². The predicted molar refractivity (Wildman–Crippen MR) is 120 cm³/mol. The number of imidazole rings is 1. The summed E-state index contributed by atoms with van der Waals surface area (Å²) >= 11 is 0. The highest BCUT2D eigenvalue weighted by Gasteiger charge is 2.15. The number of carbonyl (C=O) groups is 1. The molecule has 32 heavy (non-hydrogen) atoms. The number of rotatable bonds is 4. The number of fused-ring (bicyclic) bond motifs is 1. The van der Waals surface area contributed by atoms with Gasteiger partial charge in [0.05, 0.1) is 11.9 Å². The van der Waals surface area contributed by atoms with Crippen LogP contribution in [-0.2, 0) is 7.05 Å². The minimum Gasteiger partial charge on any atom is -0.308 e. The summed E-state index contributed by atoms with van der Waals surface area (Å²) in [5.41, 5.74) is 4.21. The Labute approximate surface area is 182 Å². The summed E-state index contributed by atoms with van der Waals surface area (Å²) in [6, 6.07) is 18.6. The van der Waals surface area contributed by atoms with Gasteiger partial charge in [-0.15, -0.1) is 0 Å². The minimum atomic E-state index is -0.398. The molecule has 0 aliphatic carbocycles. The average molecular weight is 427 g/mol. The molecule has 5 rings (SSSR count). The number of urea groups is 1. The number of para-hydroxylation sites is 1. The lowest BCUT2D eigenvalue weighted by Crippen LogP contribution is -2.19. The number of aromatic nitrogens is 5. The zero-order valence-electron chi connectivity index (χ0n) is 17.0. The molecule has 0 fully saturated rings. The first-order valence-corrected chi connectivity index (χ1v) is 9.84. The zero-order valence-corrected chi connectivity index (χ0v) is 17.0. The first-order valence-electron chi connectivity index (χ1n) is 9.84. The SMILES string of the molecule is Cn1cc(-c2ccc3nc(NC(=O)Nc4ccccc4)cn3n2)c(-c2ccc(F)cc2)n1. The highest BCUT2D eigenvalue weighted by Crippen LogP contribution is 2.30. The molecule has 3 aromatic heterocycles. The molecular formula is C23H18FN7O. The molecule has 0 saturated heterocycles. The van der Waals surface area contributed by atoms with E-state index in [-0.39, 0.29) is 5.82 Å². The first-order chi connectivity index (χ1) is 15.5. The molecule has 8 nitrogen and oxygen atoms in total. The van der Waals surface area contributed by atoms with Crippen LogP contribution in [0.4, 0.5) is 20.7 Å². The smallest absolute Gasteiger partial charge is 0.308 e. The Balaban J connectivity index is 1.42. The van der Waals surface area contributed by atoms with Crippen LogP contribution in [0.1, 0.15) is 0 Å². The van der Waals surface area contributed by atoms with E-state index in [0.29, 0.717) is 28.5 Å². The van der Waals surface area contributed by atoms with Crippen LogP contribution in [0.15, 0.2) is 79.1 Å². The minimum absolute atomic E-state index is 0.305. The number of hydrogen-bond donors (Lipinski definition) is 2. The number of nitrogens with zero attached hydrogens (tertiary/aromatic N) is 5. The van der Waals surface area contributed by atoms with E-state index in [4.69, 9.17) is 0 Å². The van der Waals surface area contributed by atoms with Crippen LogP contribution >= 0.6 is 0 Å². The summed E-state index contributed by atoms with van der Waals surface area (Å²) in [5.74, 6) is 0.0635. The Hall–Kier alpha value is -4.53. The second kappa shape index (κ2) is 7.95. The van der Waals surface area contributed by atoms with Crippen molar-refractivity contribution in [3.63, 3.8) is 0 Å². The van der Waals surface area contributed by atoms with E-state index in [1.54, 1.807) is 39.7 Å². The van der Waals surface area contributed by atoms with E-state index in [9.17, 15) is 9.18 Å². The van der Waals surface area contributed by atoms with Gasteiger partial charge < -0.3 is 5.32 Å². The van der Waals surface area contributed by atoms with Crippen molar-refractivity contribution < 1.29 is 9.18 Å². The van der Waals surface area contributed by atoms with Gasteiger partial charge in [-0.3, -0.25) is 10.00 Å². The molecule has 0 bridgehead atoms. The molecule has 0 spiro atoms. The molecule has 0 saturated carbocycles. The van der Waals surface area contributed by atoms with Crippen molar-refractivity contribution in [3.8, 4) is 22.5 Å². The lowest BCUT2D eigenvalue weighted by Gasteiger charge is -2.04. The van der Waals surface area contributed by atoms with Crippen LogP contribution < -0.4 is 10.6 Å². The van der Waals surface area contributed by atoms with Crippen molar-refractivity contribution in [3.05, 3.63) is 84.9 Å². The third kappa shape index (κ3) is 3.91. The van der Waals surface area contributed by atoms with Crippen LogP contribution in [0.25, 0.3) is 28.2 Å². The number of amides is 2. The zero-order chi connectivity index (χ0) is 22.1. The summed E-state index contributed by atoms with van der Waals surface area (Å²) in [4.78, 5) is 16.6. The normalized spacial score (nSPS) is 10.9. The number of halogens is 1. The van der Waals surface area contributed by atoms with Crippen LogP contribution in [0.5, 0.6) is 0 Å². The van der Waals surface area contributed by atoms with Crippen LogP contribution in [0.3, 0.4) is 0 Å². The molecule has 9 heteroatoms. The van der Waals surface area contributed by atoms with E-state index in [2.05, 4.69) is 25.8 Å². The van der Waals surface area contributed by atoms with Crippen LogP contribution in [-0.4, -0.2) is 30.4 Å². The standard InChI is InChI=1S/C23H18FN7O/c1-30-13-18(22(29-30)15-7-9-16(24)10-8-15)19-11-12-21-26-20(14-31(21)28-19)27-23(32)25-17-5-3-2-4-6-17/h2-14H,1H3,(H2,25,27,32). The first kappa shape index (κ1) is 19.4. The maximum atomic E-state index is 13.3. The Bertz CT molecular complexity index is 1410. The molecule has 0 aliphatic heterocycles. The lowest BCUT2D eigenvalue weighted by atomic mass is 10.1. The monoisotopic (exact) mass is 427 g/mol. The van der Waals surface area contributed by atoms with Gasteiger partial charge in [0, 0.05) is 30.1 Å². The van der Waals surface area contributed by atoms with E-state index in [0.717, 1.165) is 11.1 Å². The van der Waals surface area contributed by atoms with Gasteiger partial charge in [0.25, 0.3) is 0 Å². The Kier molecular flexibility index (Phi) is 4.83. The van der Waals surface area contributed by atoms with Crippen LogP contribution in [0, 0.1) is 5.82 Å². The molecule has 3 heterocycles. The molecule has 158 valence electrons. The maximum absolute atomic E-state index is 13.3. The number of hydrogen-bond acceptors (Lipinski definition) is 4. The second-order valence-corrected chi connectivity index (χ2v) is 7.16. The lowest BCUT2D eigenvalue weighted by molar-refractivity contribution is 0.262. The summed E-state index contributed by atoms with van der Waals surface area (Å²) in [7, 11) is 1.82. The molecule has 2 aromatic carbocycles. The Morgan fingerprint density at radius 1 is 0.906 bits per heavy atom. The van der Waals surface area contributed by atoms with Crippen molar-refractivity contribution >= 4 is 23.2 Å². The fourth-order valence-electron chi connectivity index (χ4n) is 3.38. The van der Waals surface area contributed by atoms with Crippen LogP contribution in [0.2, 0.25) is 0 Å². The summed E-state index contributed by atoms with van der Waals surface area (Å²) in [5, 5.41) is 14.6. The summed E-state index contributed by atoms with van der Waals surface area (Å²) in [6.45, 7) is 0. The van der Waals surface area contributed by atoms with E-state index < -0.39 is 6.03 Å². The molecule has 0 atom stereocenters. The molecule has 0 aliphatic rings. The van der Waals surface area contributed by atoms with Gasteiger partial charge in [-0.25, -0.2) is 18.7 Å². The molecule has 0 radical (unpaired) electrons. The second-order valence-electron chi connectivity index (χ2n) is 7.16. The number of carbonyl (C=O) groups excluding carboxylic acids is 1. The van der Waals surface area contributed by atoms with E-state index in [1.165, 1.54) is 12.1 Å². The number of anilines is 2. The maximum Gasteiger partial charge on any atom is 0.324 e. The Morgan fingerprint density at radius 2 is 1.69 bits per heavy atom. The molecule has 2 N–H and O–H groups in total. The topological polar surface area (TPSA) is 89.1 Å². The Morgan fingerprint density at radius 3 is 2.47 bits per heavy atom. The molecule has 5 aromatic rings. The highest BCUT2D eigenvalue weighted by atomic mass is 19.1. The third-order valence-electron chi connectivity index (χ3n) is 4.82. The highest BCUT2D eigenvalue weighted by molar-refractivity contribution is 5.99. The third-order valence-corrected chi connectivity index (χ3v) is 4.82. The average Bonchev–Trinajstić information content (AvgIpc) is 3.37. The van der Waals surface area contributed by atoms with Crippen molar-refractivity contribution in [2.45, 2.75) is 0 Å². The van der Waals surface area contributed by atoms with Crippen molar-refractivity contribution in [1.82, 2.24) is 24.4 Å². The van der Waals surface area contributed by atoms with Gasteiger partial charge in [-0.2, -0.15) is 10.2 Å². The van der Waals surface area contributed by atoms with E-state index >= 15 is 0 Å². The summed E-state index contributed by atoms with van der Waals surface area (Å²) in [6.07, 6.45) is 3.49. The van der Waals surface area contributed by atoms with Crippen molar-refractivity contribution in [1.29, 1.82) is 0 Å². The van der Waals surface area contributed by atoms with Gasteiger partial charge >= 0.3 is 6.03 Å².